The molecule has 0 radical (unpaired) electrons. The van der Waals surface area contributed by atoms with Crippen molar-refractivity contribution in [2.45, 2.75) is 57.9 Å². The van der Waals surface area contributed by atoms with Crippen molar-refractivity contribution < 1.29 is 9.53 Å². The number of imidazole rings is 1. The molecule has 0 saturated carbocycles. The Balaban J connectivity index is 2.03. The molecule has 1 aromatic heterocycles. The first-order valence-electron chi connectivity index (χ1n) is 7.13. The van der Waals surface area contributed by atoms with Crippen LogP contribution >= 0.6 is 0 Å². The summed E-state index contributed by atoms with van der Waals surface area (Å²) in [5, 5.41) is 0. The highest BCUT2D eigenvalue weighted by atomic mass is 16.5. The Morgan fingerprint density at radius 1 is 1.37 bits per heavy atom. The maximum absolute atomic E-state index is 11.6. The molecular formula is C14H25N3O2. The third-order valence-corrected chi connectivity index (χ3v) is 3.04. The lowest BCUT2D eigenvalue weighted by molar-refractivity contribution is -0.145. The molecule has 0 saturated heterocycles. The number of hydrogen-bond acceptors (Lipinski definition) is 4. The van der Waals surface area contributed by atoms with Crippen LogP contribution in [-0.4, -0.2) is 28.6 Å². The number of esters is 1. The Labute approximate surface area is 114 Å². The van der Waals surface area contributed by atoms with Gasteiger partial charge < -0.3 is 15.5 Å². The van der Waals surface area contributed by atoms with E-state index < -0.39 is 6.04 Å². The number of aromatic amines is 1. The van der Waals surface area contributed by atoms with E-state index in [1.54, 1.807) is 12.5 Å². The number of nitrogens with zero attached hydrogens (tertiary/aromatic N) is 1. The fourth-order valence-electron chi connectivity index (χ4n) is 1.88. The van der Waals surface area contributed by atoms with Crippen molar-refractivity contribution in [2.24, 2.45) is 5.73 Å². The van der Waals surface area contributed by atoms with E-state index in [4.69, 9.17) is 10.5 Å². The minimum atomic E-state index is -0.611. The van der Waals surface area contributed by atoms with Crippen LogP contribution in [0.5, 0.6) is 0 Å². The molecule has 0 fully saturated rings. The zero-order valence-electron chi connectivity index (χ0n) is 11.7. The predicted molar refractivity (Wildman–Crippen MR) is 74.6 cm³/mol. The lowest BCUT2D eigenvalue weighted by Crippen LogP contribution is -2.34. The fraction of sp³-hybridized carbons (Fsp3) is 0.714. The number of hydrogen-bond donors (Lipinski definition) is 2. The average Bonchev–Trinajstić information content (AvgIpc) is 2.90. The fourth-order valence-corrected chi connectivity index (χ4v) is 1.88. The van der Waals surface area contributed by atoms with Crippen LogP contribution in [-0.2, 0) is 16.0 Å². The summed E-state index contributed by atoms with van der Waals surface area (Å²) in [6.45, 7) is 2.67. The number of H-pyrrole nitrogens is 1. The molecule has 5 nitrogen and oxygen atoms in total. The van der Waals surface area contributed by atoms with E-state index >= 15 is 0 Å². The molecule has 1 unspecified atom stereocenters. The third kappa shape index (κ3) is 6.96. The summed E-state index contributed by atoms with van der Waals surface area (Å²) in [4.78, 5) is 18.4. The Hall–Kier alpha value is -1.36. The van der Waals surface area contributed by atoms with E-state index in [0.29, 0.717) is 13.0 Å². The predicted octanol–water partition coefficient (Wildman–Crippen LogP) is 2.18. The van der Waals surface area contributed by atoms with Gasteiger partial charge in [0.15, 0.2) is 0 Å². The van der Waals surface area contributed by atoms with Crippen molar-refractivity contribution in [2.75, 3.05) is 6.61 Å². The molecule has 0 aliphatic carbocycles. The minimum absolute atomic E-state index is 0.330. The number of nitrogens with two attached hydrogens (primary N) is 1. The molecule has 3 N–H and O–H groups in total. The first-order chi connectivity index (χ1) is 9.24. The van der Waals surface area contributed by atoms with Gasteiger partial charge in [0.05, 0.1) is 12.9 Å². The maximum Gasteiger partial charge on any atom is 0.323 e. The molecule has 1 atom stereocenters. The second-order valence-electron chi connectivity index (χ2n) is 4.82. The van der Waals surface area contributed by atoms with Crippen LogP contribution in [0.3, 0.4) is 0 Å². The second kappa shape index (κ2) is 9.55. The Bertz CT molecular complexity index is 338. The van der Waals surface area contributed by atoms with Crippen molar-refractivity contribution in [3.05, 3.63) is 18.2 Å². The van der Waals surface area contributed by atoms with Gasteiger partial charge in [0.25, 0.3) is 0 Å². The summed E-state index contributed by atoms with van der Waals surface area (Å²) in [6.07, 6.45) is 10.7. The Morgan fingerprint density at radius 3 is 2.79 bits per heavy atom. The van der Waals surface area contributed by atoms with Gasteiger partial charge in [-0.3, -0.25) is 4.79 Å². The molecular weight excluding hydrogens is 242 g/mol. The Kier molecular flexibility index (Phi) is 7.89. The largest absolute Gasteiger partial charge is 0.465 e. The van der Waals surface area contributed by atoms with Crippen LogP contribution < -0.4 is 5.73 Å². The molecule has 0 aromatic carbocycles. The number of unbranched alkanes of at least 4 members (excludes halogenated alkanes) is 5. The summed E-state index contributed by atoms with van der Waals surface area (Å²) in [7, 11) is 0. The zero-order chi connectivity index (χ0) is 13.9. The van der Waals surface area contributed by atoms with Crippen LogP contribution in [0.25, 0.3) is 0 Å². The normalized spacial score (nSPS) is 12.3. The van der Waals surface area contributed by atoms with E-state index in [1.807, 2.05) is 0 Å². The molecule has 1 rings (SSSR count). The summed E-state index contributed by atoms with van der Waals surface area (Å²) in [6, 6.07) is -0.611. The van der Waals surface area contributed by atoms with Gasteiger partial charge in [-0.25, -0.2) is 4.98 Å². The lowest BCUT2D eigenvalue weighted by Gasteiger charge is -2.10. The van der Waals surface area contributed by atoms with Crippen molar-refractivity contribution in [1.29, 1.82) is 0 Å². The van der Waals surface area contributed by atoms with Gasteiger partial charge in [0.2, 0.25) is 0 Å². The number of carbonyl (C=O) groups excluding carboxylic acids is 1. The van der Waals surface area contributed by atoms with Crippen molar-refractivity contribution in [1.82, 2.24) is 9.97 Å². The molecule has 0 aliphatic rings. The first kappa shape index (κ1) is 15.7. The van der Waals surface area contributed by atoms with Gasteiger partial charge in [-0.2, -0.15) is 0 Å². The van der Waals surface area contributed by atoms with Crippen LogP contribution in [0.15, 0.2) is 12.5 Å². The minimum Gasteiger partial charge on any atom is -0.465 e. The molecule has 1 heterocycles. The number of ether oxygens (including phenoxy) is 1. The molecule has 0 amide bonds. The number of aromatic nitrogens is 2. The van der Waals surface area contributed by atoms with Crippen molar-refractivity contribution >= 4 is 5.97 Å². The highest BCUT2D eigenvalue weighted by Gasteiger charge is 2.15. The average molecular weight is 267 g/mol. The third-order valence-electron chi connectivity index (χ3n) is 3.04. The molecule has 1 aromatic rings. The smallest absolute Gasteiger partial charge is 0.323 e. The number of rotatable bonds is 10. The van der Waals surface area contributed by atoms with Gasteiger partial charge in [-0.15, -0.1) is 0 Å². The molecule has 0 bridgehead atoms. The maximum atomic E-state index is 11.6. The zero-order valence-corrected chi connectivity index (χ0v) is 11.7. The van der Waals surface area contributed by atoms with E-state index in [9.17, 15) is 4.79 Å². The SMILES string of the molecule is CCCCCCCCOC(=O)C(N)Cc1cnc[nH]1. The monoisotopic (exact) mass is 267 g/mol. The van der Waals surface area contributed by atoms with E-state index in [0.717, 1.165) is 18.5 Å². The van der Waals surface area contributed by atoms with E-state index in [1.165, 1.54) is 25.7 Å². The highest BCUT2D eigenvalue weighted by molar-refractivity contribution is 5.75. The molecule has 108 valence electrons. The van der Waals surface area contributed by atoms with Gasteiger partial charge in [-0.05, 0) is 6.42 Å². The molecule has 19 heavy (non-hydrogen) atoms. The van der Waals surface area contributed by atoms with Gasteiger partial charge >= 0.3 is 5.97 Å². The van der Waals surface area contributed by atoms with Gasteiger partial charge in [-0.1, -0.05) is 39.0 Å². The van der Waals surface area contributed by atoms with Crippen molar-refractivity contribution in [3.8, 4) is 0 Å². The summed E-state index contributed by atoms with van der Waals surface area (Å²) >= 11 is 0. The summed E-state index contributed by atoms with van der Waals surface area (Å²) in [5.74, 6) is -0.330. The topological polar surface area (TPSA) is 81.0 Å². The number of nitrogens with one attached hydrogen (secondary N) is 1. The second-order valence-corrected chi connectivity index (χ2v) is 4.82. The standard InChI is InChI=1S/C14H25N3O2/c1-2-3-4-5-6-7-8-19-14(18)13(15)9-12-10-16-11-17-12/h10-11,13H,2-9,15H2,1H3,(H,16,17). The number of carbonyl (C=O) groups is 1. The van der Waals surface area contributed by atoms with E-state index in [2.05, 4.69) is 16.9 Å². The van der Waals surface area contributed by atoms with Crippen LogP contribution in [0.2, 0.25) is 0 Å². The first-order valence-corrected chi connectivity index (χ1v) is 7.13. The molecule has 0 spiro atoms. The molecule has 5 heteroatoms. The van der Waals surface area contributed by atoms with Gasteiger partial charge in [0, 0.05) is 18.3 Å². The lowest BCUT2D eigenvalue weighted by atomic mass is 10.1. The quantitative estimate of drug-likeness (QED) is 0.503. The highest BCUT2D eigenvalue weighted by Crippen LogP contribution is 2.05. The summed E-state index contributed by atoms with van der Waals surface area (Å²) in [5.41, 5.74) is 6.62. The van der Waals surface area contributed by atoms with Gasteiger partial charge in [0.1, 0.15) is 6.04 Å². The Morgan fingerprint density at radius 2 is 2.11 bits per heavy atom. The van der Waals surface area contributed by atoms with E-state index in [-0.39, 0.29) is 5.97 Å². The van der Waals surface area contributed by atoms with Crippen molar-refractivity contribution in [3.63, 3.8) is 0 Å². The van der Waals surface area contributed by atoms with Crippen LogP contribution in [0.4, 0.5) is 0 Å². The molecule has 0 aliphatic heterocycles. The van der Waals surface area contributed by atoms with Crippen LogP contribution in [0, 0.1) is 0 Å². The van der Waals surface area contributed by atoms with Crippen LogP contribution in [0.1, 0.15) is 51.1 Å². The summed E-state index contributed by atoms with van der Waals surface area (Å²) < 4.78 is 5.16.